The Hall–Kier alpha value is -13.1. The second-order valence-electron chi connectivity index (χ2n) is 26.0. The van der Waals surface area contributed by atoms with Gasteiger partial charge in [-0.15, -0.1) is 0 Å². The van der Waals surface area contributed by atoms with Crippen molar-refractivity contribution in [2.45, 2.75) is 0 Å². The van der Waals surface area contributed by atoms with Crippen molar-refractivity contribution in [3.63, 3.8) is 0 Å². The number of benzene rings is 14. The molecule has 0 unspecified atom stereocenters. The Bertz CT molecular complexity index is 7390. The Balaban J connectivity index is 0.651. The molecule has 0 bridgehead atoms. The molecular weight excluding hydrogens is 1170 g/mol. The molecule has 0 N–H and O–H groups in total. The fraction of sp³-hybridized carbons (Fsp3) is 0. The Morgan fingerprint density at radius 3 is 1.43 bits per heavy atom. The molecule has 0 aliphatic heterocycles. The van der Waals surface area contributed by atoms with Gasteiger partial charge in [0.25, 0.3) is 0 Å². The van der Waals surface area contributed by atoms with Gasteiger partial charge < -0.3 is 13.4 Å². The maximum atomic E-state index is 5.48. The maximum Gasteiger partial charge on any atom is 0.236 e. The molecule has 0 amide bonds. The highest BCUT2D eigenvalue weighted by molar-refractivity contribution is 6.36. The highest BCUT2D eigenvalue weighted by Gasteiger charge is 2.28. The van der Waals surface area contributed by atoms with Crippen molar-refractivity contribution < 1.29 is 0 Å². The van der Waals surface area contributed by atoms with Gasteiger partial charge in [-0.3, -0.25) is 4.57 Å². The first-order chi connectivity index (χ1) is 47.6. The summed E-state index contributed by atoms with van der Waals surface area (Å²) < 4.78 is 9.73. The molecule has 9 nitrogen and oxygen atoms in total. The molecule has 9 heterocycles. The van der Waals surface area contributed by atoms with E-state index in [-0.39, 0.29) is 0 Å². The molecule has 0 aliphatic rings. The van der Waals surface area contributed by atoms with Crippen molar-refractivity contribution in [3.8, 4) is 45.4 Å². The number of aromatic nitrogens is 9. The summed E-state index contributed by atoms with van der Waals surface area (Å²) in [5, 5.41) is 23.6. The molecule has 440 valence electrons. The number of nitrogens with zero attached hydrogens (tertiary/aromatic N) is 9. The SMILES string of the molecule is c1ccc2cc3c(cc2c1)c1cc2c4ccccc4n4c5ccccc5c(c1n3-c1ccc(-c3nc(-c5ccc6cc(-c7ccc8c(c7)c7cc9c%10cc%11ccccc%11cc%10n(-c%10ncc%11cccnc%11n%10)c9c9c%10ccccc%10n8c79)ccc6c5)c5ccccc5n3)cc1)c24. The highest BCUT2D eigenvalue weighted by atomic mass is 15.2. The third kappa shape index (κ3) is 6.69. The topological polar surface area (TPSA) is 83.1 Å². The van der Waals surface area contributed by atoms with E-state index in [4.69, 9.17) is 19.9 Å². The van der Waals surface area contributed by atoms with Gasteiger partial charge in [-0.1, -0.05) is 152 Å². The molecule has 0 saturated carbocycles. The fourth-order valence-corrected chi connectivity index (χ4v) is 16.8. The molecule has 96 heavy (non-hydrogen) atoms. The summed E-state index contributed by atoms with van der Waals surface area (Å²) in [5.41, 5.74) is 19.6. The van der Waals surface area contributed by atoms with Crippen LogP contribution in [0.4, 0.5) is 0 Å². The minimum Gasteiger partial charge on any atom is -0.309 e. The zero-order valence-electron chi connectivity index (χ0n) is 51.2. The summed E-state index contributed by atoms with van der Waals surface area (Å²) in [5.74, 6) is 1.28. The summed E-state index contributed by atoms with van der Waals surface area (Å²) in [6, 6.07) is 100. The van der Waals surface area contributed by atoms with E-state index in [0.29, 0.717) is 17.4 Å². The maximum absolute atomic E-state index is 5.48. The van der Waals surface area contributed by atoms with Crippen LogP contribution in [-0.2, 0) is 0 Å². The smallest absolute Gasteiger partial charge is 0.236 e. The average molecular weight is 1220 g/mol. The second-order valence-corrected chi connectivity index (χ2v) is 26.0. The Morgan fingerprint density at radius 2 is 0.740 bits per heavy atom. The van der Waals surface area contributed by atoms with Gasteiger partial charge >= 0.3 is 0 Å². The summed E-state index contributed by atoms with van der Waals surface area (Å²) in [6.45, 7) is 0. The number of pyridine rings is 1. The molecule has 0 aliphatic carbocycles. The number of para-hydroxylation sites is 4. The zero-order chi connectivity index (χ0) is 62.2. The summed E-state index contributed by atoms with van der Waals surface area (Å²) in [7, 11) is 0. The second kappa shape index (κ2) is 18.3. The number of hydrogen-bond donors (Lipinski definition) is 0. The summed E-state index contributed by atoms with van der Waals surface area (Å²) >= 11 is 0. The molecule has 9 aromatic heterocycles. The molecule has 0 spiro atoms. The van der Waals surface area contributed by atoms with Gasteiger partial charge in [0, 0.05) is 105 Å². The van der Waals surface area contributed by atoms with Crippen LogP contribution in [0.15, 0.2) is 285 Å². The van der Waals surface area contributed by atoms with Gasteiger partial charge in [0.05, 0.1) is 66.4 Å². The lowest BCUT2D eigenvalue weighted by atomic mass is 9.96. The van der Waals surface area contributed by atoms with Crippen molar-refractivity contribution in [1.29, 1.82) is 0 Å². The van der Waals surface area contributed by atoms with Crippen LogP contribution in [0, 0.1) is 0 Å². The number of rotatable bonds is 5. The van der Waals surface area contributed by atoms with Crippen LogP contribution >= 0.6 is 0 Å². The number of hydrogen-bond acceptors (Lipinski definition) is 5. The molecule has 23 rings (SSSR count). The van der Waals surface area contributed by atoms with Crippen molar-refractivity contribution in [1.82, 2.24) is 42.9 Å². The van der Waals surface area contributed by atoms with E-state index >= 15 is 0 Å². The predicted molar refractivity (Wildman–Crippen MR) is 397 cm³/mol. The monoisotopic (exact) mass is 1220 g/mol. The Morgan fingerprint density at radius 1 is 0.260 bits per heavy atom. The molecule has 0 radical (unpaired) electrons. The molecular formula is C87H47N9. The predicted octanol–water partition coefficient (Wildman–Crippen LogP) is 21.9. The van der Waals surface area contributed by atoms with Crippen LogP contribution < -0.4 is 0 Å². The summed E-state index contributed by atoms with van der Waals surface area (Å²) in [6.07, 6.45) is 3.70. The van der Waals surface area contributed by atoms with Crippen molar-refractivity contribution >= 4 is 174 Å². The van der Waals surface area contributed by atoms with Crippen molar-refractivity contribution in [2.75, 3.05) is 0 Å². The third-order valence-corrected chi connectivity index (χ3v) is 21.0. The molecule has 14 aromatic carbocycles. The van der Waals surface area contributed by atoms with Crippen LogP contribution in [0.1, 0.15) is 0 Å². The lowest BCUT2D eigenvalue weighted by Gasteiger charge is -2.13. The average Bonchev–Trinajstić information content (AvgIpc) is 1.52. The van der Waals surface area contributed by atoms with Crippen LogP contribution in [0.25, 0.3) is 219 Å². The van der Waals surface area contributed by atoms with E-state index in [9.17, 15) is 0 Å². The first-order valence-electron chi connectivity index (χ1n) is 32.7. The standard InChI is InChI=1S/C87H47N9/c1-3-16-51-43-76-65(40-49(51)14-1)69-45-67-60-19-6-10-24-72(60)94-73-25-11-7-21-62(73)78(82(67)94)81(69)93(76)59-34-31-48(32-35-59)86-90-71-23-9-5-20-61(71)80(91-86)57-30-29-53-38-54(27-28-55(53)39-57)56-33-36-75-64(42-56)68-46-70-66-41-50-15-2-4-17-52(50)44-77(66)96(87-89-47-58-18-13-37-88-85(58)92-87)84(70)79-63-22-8-12-26-74(63)95(75)83(68)79/h1-47H. The van der Waals surface area contributed by atoms with Crippen LogP contribution in [0.3, 0.4) is 0 Å². The highest BCUT2D eigenvalue weighted by Crippen LogP contribution is 2.50. The van der Waals surface area contributed by atoms with E-state index in [1.54, 1.807) is 6.20 Å². The first kappa shape index (κ1) is 50.5. The fourth-order valence-electron chi connectivity index (χ4n) is 16.8. The zero-order valence-corrected chi connectivity index (χ0v) is 51.2. The molecule has 23 aromatic rings. The van der Waals surface area contributed by atoms with Crippen LogP contribution in [0.2, 0.25) is 0 Å². The van der Waals surface area contributed by atoms with Gasteiger partial charge in [-0.25, -0.2) is 19.9 Å². The van der Waals surface area contributed by atoms with Crippen LogP contribution in [0.5, 0.6) is 0 Å². The first-order valence-corrected chi connectivity index (χ1v) is 32.7. The molecule has 0 saturated heterocycles. The molecule has 0 atom stereocenters. The minimum atomic E-state index is 0.597. The Kier molecular flexibility index (Phi) is 9.66. The van der Waals surface area contributed by atoms with Crippen LogP contribution in [-0.4, -0.2) is 42.9 Å². The largest absolute Gasteiger partial charge is 0.309 e. The summed E-state index contributed by atoms with van der Waals surface area (Å²) in [4.78, 5) is 25.7. The normalized spacial score (nSPS) is 12.6. The van der Waals surface area contributed by atoms with E-state index < -0.39 is 0 Å². The Labute approximate surface area is 544 Å². The quantitative estimate of drug-likeness (QED) is 0.171. The van der Waals surface area contributed by atoms with Gasteiger partial charge in [0.2, 0.25) is 5.95 Å². The molecule has 9 heteroatoms. The van der Waals surface area contributed by atoms with Gasteiger partial charge in [0.15, 0.2) is 11.5 Å². The van der Waals surface area contributed by atoms with Gasteiger partial charge in [-0.2, -0.15) is 4.98 Å². The lowest BCUT2D eigenvalue weighted by Crippen LogP contribution is -2.02. The van der Waals surface area contributed by atoms with Crippen molar-refractivity contribution in [3.05, 3.63) is 285 Å². The van der Waals surface area contributed by atoms with E-state index in [0.717, 1.165) is 93.4 Å². The van der Waals surface area contributed by atoms with E-state index in [1.807, 2.05) is 18.3 Å². The minimum absolute atomic E-state index is 0.597. The number of fused-ring (bicyclic) bond motifs is 25. The van der Waals surface area contributed by atoms with Gasteiger partial charge in [0.1, 0.15) is 0 Å². The lowest BCUT2D eigenvalue weighted by molar-refractivity contribution is 1.00. The van der Waals surface area contributed by atoms with Gasteiger partial charge in [-0.05, 0) is 165 Å². The molecule has 0 fully saturated rings. The van der Waals surface area contributed by atoms with E-state index in [1.165, 1.54) is 109 Å². The van der Waals surface area contributed by atoms with Crippen molar-refractivity contribution in [2.24, 2.45) is 0 Å². The third-order valence-electron chi connectivity index (χ3n) is 21.0. The van der Waals surface area contributed by atoms with E-state index in [2.05, 4.69) is 284 Å².